The van der Waals surface area contributed by atoms with E-state index in [0.717, 1.165) is 24.4 Å². The van der Waals surface area contributed by atoms with Crippen molar-refractivity contribution in [3.05, 3.63) is 16.1 Å². The van der Waals surface area contributed by atoms with Gasteiger partial charge >= 0.3 is 0 Å². The lowest BCUT2D eigenvalue weighted by molar-refractivity contribution is 0.0654. The number of amides is 1. The van der Waals surface area contributed by atoms with E-state index in [1.807, 2.05) is 6.20 Å². The number of likely N-dealkylation sites (N-methyl/N-ethyl adjacent to an activating group) is 1. The van der Waals surface area contributed by atoms with Crippen LogP contribution in [0.25, 0.3) is 0 Å². The number of nitrogens with zero attached hydrogens (tertiary/aromatic N) is 3. The van der Waals surface area contributed by atoms with Gasteiger partial charge in [0.25, 0.3) is 5.91 Å². The number of hydrogen-bond acceptors (Lipinski definition) is 4. The Morgan fingerprint density at radius 2 is 2.00 bits per heavy atom. The first-order valence-electron chi connectivity index (χ1n) is 8.78. The molecule has 1 amide bonds. The number of hydrogen-bond donors (Lipinski definition) is 0. The summed E-state index contributed by atoms with van der Waals surface area (Å²) in [4.78, 5) is 23.0. The second-order valence-electron chi connectivity index (χ2n) is 6.88. The van der Waals surface area contributed by atoms with Crippen LogP contribution in [0.3, 0.4) is 0 Å². The minimum absolute atomic E-state index is 0.231. The van der Waals surface area contributed by atoms with Crippen molar-refractivity contribution < 1.29 is 4.79 Å². The van der Waals surface area contributed by atoms with Gasteiger partial charge in [-0.3, -0.25) is 9.69 Å². The molecule has 2 saturated heterocycles. The van der Waals surface area contributed by atoms with Crippen LogP contribution in [0, 0.1) is 0 Å². The zero-order valence-corrected chi connectivity index (χ0v) is 14.1. The van der Waals surface area contributed by atoms with Crippen molar-refractivity contribution in [1.82, 2.24) is 14.8 Å². The van der Waals surface area contributed by atoms with E-state index >= 15 is 0 Å². The molecule has 2 atom stereocenters. The maximum absolute atomic E-state index is 12.9. The van der Waals surface area contributed by atoms with Crippen LogP contribution in [0.2, 0.25) is 0 Å². The van der Waals surface area contributed by atoms with E-state index in [1.54, 1.807) is 11.3 Å². The van der Waals surface area contributed by atoms with Crippen LogP contribution in [0.4, 0.5) is 0 Å². The van der Waals surface area contributed by atoms with Crippen molar-refractivity contribution >= 4 is 17.2 Å². The number of rotatable bonds is 4. The minimum atomic E-state index is 0.231. The van der Waals surface area contributed by atoms with Crippen LogP contribution < -0.4 is 0 Å². The normalized spacial score (nSPS) is 29.4. The zero-order chi connectivity index (χ0) is 15.1. The first-order chi connectivity index (χ1) is 10.8. The van der Waals surface area contributed by atoms with Gasteiger partial charge in [0.2, 0.25) is 0 Å². The maximum Gasteiger partial charge on any atom is 0.265 e. The average Bonchev–Trinajstić information content (AvgIpc) is 3.01. The molecule has 4 nitrogen and oxygen atoms in total. The summed E-state index contributed by atoms with van der Waals surface area (Å²) in [5.41, 5.74) is 0. The second-order valence-corrected chi connectivity index (χ2v) is 7.95. The number of aromatic nitrogens is 1. The highest BCUT2D eigenvalue weighted by molar-refractivity contribution is 7.13. The fourth-order valence-electron chi connectivity index (χ4n) is 4.17. The molecule has 0 spiro atoms. The Balaban J connectivity index is 1.50. The Bertz CT molecular complexity index is 554. The minimum Gasteiger partial charge on any atom is -0.333 e. The van der Waals surface area contributed by atoms with Crippen LogP contribution in [0.1, 0.15) is 66.0 Å². The summed E-state index contributed by atoms with van der Waals surface area (Å²) in [6.07, 6.45) is 9.17. The first-order valence-corrected chi connectivity index (χ1v) is 9.60. The van der Waals surface area contributed by atoms with Gasteiger partial charge in [-0.25, -0.2) is 4.98 Å². The Morgan fingerprint density at radius 3 is 2.77 bits per heavy atom. The molecule has 3 heterocycles. The Morgan fingerprint density at radius 1 is 1.23 bits per heavy atom. The molecule has 2 aliphatic heterocycles. The summed E-state index contributed by atoms with van der Waals surface area (Å²) in [6.45, 7) is 5.47. The molecule has 0 unspecified atom stereocenters. The second kappa shape index (κ2) is 5.93. The van der Waals surface area contributed by atoms with Crippen LogP contribution in [-0.2, 0) is 0 Å². The molecule has 1 aromatic rings. The quantitative estimate of drug-likeness (QED) is 0.855. The van der Waals surface area contributed by atoms with Crippen LogP contribution in [-0.4, -0.2) is 52.4 Å². The van der Waals surface area contributed by atoms with Gasteiger partial charge in [0, 0.05) is 24.5 Å². The maximum atomic E-state index is 12.9. The molecule has 1 saturated carbocycles. The fourth-order valence-corrected chi connectivity index (χ4v) is 5.22. The van der Waals surface area contributed by atoms with Gasteiger partial charge in [-0.2, -0.15) is 0 Å². The summed E-state index contributed by atoms with van der Waals surface area (Å²) in [7, 11) is 0. The molecule has 3 fully saturated rings. The number of thiazole rings is 1. The lowest BCUT2D eigenvalue weighted by Crippen LogP contribution is -2.48. The van der Waals surface area contributed by atoms with Crippen LogP contribution in [0.5, 0.6) is 0 Å². The Labute approximate surface area is 136 Å². The molecule has 1 aliphatic carbocycles. The molecule has 0 bridgehead atoms. The van der Waals surface area contributed by atoms with Crippen molar-refractivity contribution in [1.29, 1.82) is 0 Å². The molecule has 4 rings (SSSR count). The smallest absolute Gasteiger partial charge is 0.265 e. The van der Waals surface area contributed by atoms with E-state index in [0.29, 0.717) is 18.0 Å². The van der Waals surface area contributed by atoms with Gasteiger partial charge in [0.15, 0.2) is 0 Å². The SMILES string of the molecule is CCN1CCC[C@@H]1[C@@H]1CCCN1C(=O)c1cnc(C2CC2)s1. The van der Waals surface area contributed by atoms with Crippen molar-refractivity contribution in [3.63, 3.8) is 0 Å². The zero-order valence-electron chi connectivity index (χ0n) is 13.3. The van der Waals surface area contributed by atoms with Gasteiger partial charge in [-0.05, 0) is 51.6 Å². The first kappa shape index (κ1) is 14.6. The highest BCUT2D eigenvalue weighted by atomic mass is 32.1. The van der Waals surface area contributed by atoms with E-state index in [1.165, 1.54) is 43.7 Å². The average molecular weight is 319 g/mol. The molecule has 0 N–H and O–H groups in total. The third-order valence-corrected chi connectivity index (χ3v) is 6.63. The molecule has 3 aliphatic rings. The monoisotopic (exact) mass is 319 g/mol. The topological polar surface area (TPSA) is 36.4 Å². The molecule has 0 radical (unpaired) electrons. The predicted molar refractivity (Wildman–Crippen MR) is 88.4 cm³/mol. The van der Waals surface area contributed by atoms with Gasteiger partial charge in [0.05, 0.1) is 11.2 Å². The van der Waals surface area contributed by atoms with Gasteiger partial charge in [-0.15, -0.1) is 11.3 Å². The standard InChI is InChI=1S/C17H25N3OS/c1-2-19-9-3-5-13(19)14-6-4-10-20(14)17(21)15-11-18-16(22-15)12-7-8-12/h11-14H,2-10H2,1H3/t13-,14+/m1/s1. The van der Waals surface area contributed by atoms with Crippen molar-refractivity contribution in [2.24, 2.45) is 0 Å². The molecule has 1 aromatic heterocycles. The van der Waals surface area contributed by atoms with Crippen LogP contribution >= 0.6 is 11.3 Å². The van der Waals surface area contributed by atoms with E-state index in [4.69, 9.17) is 0 Å². The van der Waals surface area contributed by atoms with Crippen molar-refractivity contribution in [2.75, 3.05) is 19.6 Å². The Kier molecular flexibility index (Phi) is 3.95. The van der Waals surface area contributed by atoms with E-state index in [2.05, 4.69) is 21.7 Å². The third kappa shape index (κ3) is 2.58. The van der Waals surface area contributed by atoms with Gasteiger partial charge in [0.1, 0.15) is 4.88 Å². The lowest BCUT2D eigenvalue weighted by Gasteiger charge is -2.34. The van der Waals surface area contributed by atoms with E-state index < -0.39 is 0 Å². The summed E-state index contributed by atoms with van der Waals surface area (Å²) in [5.74, 6) is 0.876. The largest absolute Gasteiger partial charge is 0.333 e. The Hall–Kier alpha value is -0.940. The summed E-state index contributed by atoms with van der Waals surface area (Å²) in [5, 5.41) is 1.18. The summed E-state index contributed by atoms with van der Waals surface area (Å²) in [6, 6.07) is 0.994. The van der Waals surface area contributed by atoms with Gasteiger partial charge < -0.3 is 4.90 Å². The van der Waals surface area contributed by atoms with Crippen molar-refractivity contribution in [2.45, 2.75) is 63.5 Å². The molecular formula is C17H25N3OS. The number of carbonyl (C=O) groups is 1. The molecule has 120 valence electrons. The molecule has 0 aromatic carbocycles. The summed E-state index contributed by atoms with van der Waals surface area (Å²) >= 11 is 1.63. The molecule has 5 heteroatoms. The van der Waals surface area contributed by atoms with E-state index in [-0.39, 0.29) is 5.91 Å². The summed E-state index contributed by atoms with van der Waals surface area (Å²) < 4.78 is 0. The van der Waals surface area contributed by atoms with Crippen molar-refractivity contribution in [3.8, 4) is 0 Å². The number of carbonyl (C=O) groups excluding carboxylic acids is 1. The molecule has 22 heavy (non-hydrogen) atoms. The lowest BCUT2D eigenvalue weighted by atomic mass is 10.0. The third-order valence-electron chi connectivity index (χ3n) is 5.49. The highest BCUT2D eigenvalue weighted by Gasteiger charge is 2.40. The number of likely N-dealkylation sites (tertiary alicyclic amines) is 2. The van der Waals surface area contributed by atoms with Gasteiger partial charge in [-0.1, -0.05) is 6.92 Å². The van der Waals surface area contributed by atoms with Crippen LogP contribution in [0.15, 0.2) is 6.20 Å². The van der Waals surface area contributed by atoms with E-state index in [9.17, 15) is 4.79 Å². The fraction of sp³-hybridized carbons (Fsp3) is 0.765. The highest BCUT2D eigenvalue weighted by Crippen LogP contribution is 2.42. The molecular weight excluding hydrogens is 294 g/mol. The predicted octanol–water partition coefficient (Wildman–Crippen LogP) is 3.11.